The number of imidazole rings is 1. The first-order chi connectivity index (χ1) is 11.1. The van der Waals surface area contributed by atoms with Gasteiger partial charge in [0.15, 0.2) is 0 Å². The van der Waals surface area contributed by atoms with E-state index in [-0.39, 0.29) is 0 Å². The number of hydrogen-bond acceptors (Lipinski definition) is 4. The highest BCUT2D eigenvalue weighted by Gasteiger charge is 2.25. The summed E-state index contributed by atoms with van der Waals surface area (Å²) >= 11 is 0. The van der Waals surface area contributed by atoms with Gasteiger partial charge in [-0.3, -0.25) is 0 Å². The van der Waals surface area contributed by atoms with Crippen LogP contribution in [0.2, 0.25) is 0 Å². The number of nitrogens with zero attached hydrogens (tertiary/aromatic N) is 5. The Morgan fingerprint density at radius 2 is 2.04 bits per heavy atom. The number of aromatic nitrogens is 3. The lowest BCUT2D eigenvalue weighted by molar-refractivity contribution is 0.199. The van der Waals surface area contributed by atoms with E-state index < -0.39 is 0 Å². The predicted octanol–water partition coefficient (Wildman–Crippen LogP) is 2.49. The minimum atomic E-state index is 0.655. The van der Waals surface area contributed by atoms with Crippen LogP contribution in [0.1, 0.15) is 25.3 Å². The third-order valence-corrected chi connectivity index (χ3v) is 5.09. The van der Waals surface area contributed by atoms with Gasteiger partial charge in [-0.15, -0.1) is 0 Å². The van der Waals surface area contributed by atoms with Gasteiger partial charge in [0.2, 0.25) is 0 Å². The molecule has 1 aliphatic rings. The van der Waals surface area contributed by atoms with Crippen molar-refractivity contribution in [2.45, 2.75) is 32.4 Å². The van der Waals surface area contributed by atoms with E-state index in [4.69, 9.17) is 0 Å². The van der Waals surface area contributed by atoms with Crippen molar-refractivity contribution >= 4 is 5.82 Å². The Morgan fingerprint density at radius 1 is 1.26 bits per heavy atom. The molecule has 3 rings (SSSR count). The number of rotatable bonds is 5. The van der Waals surface area contributed by atoms with Crippen molar-refractivity contribution in [3.63, 3.8) is 0 Å². The molecule has 3 heterocycles. The molecular weight excluding hydrogens is 286 g/mol. The molecule has 1 fully saturated rings. The number of anilines is 1. The molecule has 0 bridgehead atoms. The standard InChI is InChI=1S/C18H27N5/c1-15(21(2)3)17-6-9-23(10-7-17)18-5-4-16(12-20-18)13-22-11-8-19-14-22/h4-5,8,11-12,14-15,17H,6-7,9-10,13H2,1-3H3/t15-/m0/s1. The average Bonchev–Trinajstić information content (AvgIpc) is 3.08. The normalized spacial score (nSPS) is 17.7. The first-order valence-electron chi connectivity index (χ1n) is 8.45. The van der Waals surface area contributed by atoms with E-state index in [1.807, 2.05) is 18.7 Å². The summed E-state index contributed by atoms with van der Waals surface area (Å²) in [6.45, 7) is 5.38. The second-order valence-corrected chi connectivity index (χ2v) is 6.79. The van der Waals surface area contributed by atoms with Gasteiger partial charge in [-0.1, -0.05) is 6.07 Å². The molecule has 0 unspecified atom stereocenters. The summed E-state index contributed by atoms with van der Waals surface area (Å²) in [4.78, 5) is 13.5. The number of hydrogen-bond donors (Lipinski definition) is 0. The van der Waals surface area contributed by atoms with E-state index in [9.17, 15) is 0 Å². The molecule has 1 aliphatic heterocycles. The summed E-state index contributed by atoms with van der Waals surface area (Å²) in [7, 11) is 4.36. The molecule has 23 heavy (non-hydrogen) atoms. The largest absolute Gasteiger partial charge is 0.357 e. The van der Waals surface area contributed by atoms with Crippen LogP contribution < -0.4 is 4.90 Å². The van der Waals surface area contributed by atoms with Crippen LogP contribution >= 0.6 is 0 Å². The van der Waals surface area contributed by atoms with Crippen LogP contribution in [0.3, 0.4) is 0 Å². The Kier molecular flexibility index (Phi) is 4.96. The van der Waals surface area contributed by atoms with Crippen LogP contribution in [0.5, 0.6) is 0 Å². The van der Waals surface area contributed by atoms with Crippen molar-refractivity contribution in [1.82, 2.24) is 19.4 Å². The molecule has 0 amide bonds. The Morgan fingerprint density at radius 3 is 2.61 bits per heavy atom. The fourth-order valence-corrected chi connectivity index (χ4v) is 3.32. The van der Waals surface area contributed by atoms with Gasteiger partial charge in [0.25, 0.3) is 0 Å². The van der Waals surface area contributed by atoms with E-state index in [2.05, 4.69) is 57.5 Å². The summed E-state index contributed by atoms with van der Waals surface area (Å²) in [5, 5.41) is 0. The third-order valence-electron chi connectivity index (χ3n) is 5.09. The highest BCUT2D eigenvalue weighted by molar-refractivity contribution is 5.39. The quantitative estimate of drug-likeness (QED) is 0.850. The maximum Gasteiger partial charge on any atom is 0.128 e. The molecule has 0 spiro atoms. The van der Waals surface area contributed by atoms with Crippen molar-refractivity contribution in [2.24, 2.45) is 5.92 Å². The van der Waals surface area contributed by atoms with Gasteiger partial charge < -0.3 is 14.4 Å². The second-order valence-electron chi connectivity index (χ2n) is 6.79. The highest BCUT2D eigenvalue weighted by Crippen LogP contribution is 2.25. The maximum atomic E-state index is 4.67. The van der Waals surface area contributed by atoms with Gasteiger partial charge in [-0.05, 0) is 51.4 Å². The van der Waals surface area contributed by atoms with Crippen molar-refractivity contribution in [3.05, 3.63) is 42.6 Å². The zero-order chi connectivity index (χ0) is 16.2. The molecule has 0 saturated carbocycles. The maximum absolute atomic E-state index is 4.67. The smallest absolute Gasteiger partial charge is 0.128 e. The van der Waals surface area contributed by atoms with Gasteiger partial charge in [-0.25, -0.2) is 9.97 Å². The van der Waals surface area contributed by atoms with E-state index in [0.29, 0.717) is 6.04 Å². The van der Waals surface area contributed by atoms with Gasteiger partial charge >= 0.3 is 0 Å². The topological polar surface area (TPSA) is 37.2 Å². The Bertz CT molecular complexity index is 582. The fraction of sp³-hybridized carbons (Fsp3) is 0.556. The molecule has 2 aromatic rings. The lowest BCUT2D eigenvalue weighted by atomic mass is 9.90. The number of pyridine rings is 1. The zero-order valence-corrected chi connectivity index (χ0v) is 14.4. The zero-order valence-electron chi connectivity index (χ0n) is 14.4. The van der Waals surface area contributed by atoms with E-state index >= 15 is 0 Å². The molecule has 1 saturated heterocycles. The minimum Gasteiger partial charge on any atom is -0.357 e. The SMILES string of the molecule is C[C@@H](C1CCN(c2ccc(Cn3ccnc3)cn2)CC1)N(C)C. The summed E-state index contributed by atoms with van der Waals surface area (Å²) in [5.41, 5.74) is 1.21. The van der Waals surface area contributed by atoms with E-state index in [1.165, 1.54) is 18.4 Å². The second kappa shape index (κ2) is 7.13. The van der Waals surface area contributed by atoms with Crippen LogP contribution in [-0.2, 0) is 6.54 Å². The monoisotopic (exact) mass is 313 g/mol. The van der Waals surface area contributed by atoms with Crippen LogP contribution in [0.4, 0.5) is 5.82 Å². The summed E-state index contributed by atoms with van der Waals surface area (Å²) in [6, 6.07) is 4.99. The van der Waals surface area contributed by atoms with Crippen molar-refractivity contribution in [2.75, 3.05) is 32.1 Å². The first kappa shape index (κ1) is 16.0. The Balaban J connectivity index is 1.56. The third kappa shape index (κ3) is 3.91. The van der Waals surface area contributed by atoms with Crippen molar-refractivity contribution < 1.29 is 0 Å². The van der Waals surface area contributed by atoms with Crippen LogP contribution in [0.15, 0.2) is 37.1 Å². The van der Waals surface area contributed by atoms with Crippen LogP contribution in [0, 0.1) is 5.92 Å². The average molecular weight is 313 g/mol. The molecule has 5 nitrogen and oxygen atoms in total. The summed E-state index contributed by atoms with van der Waals surface area (Å²) in [5.74, 6) is 1.90. The van der Waals surface area contributed by atoms with Crippen LogP contribution in [0.25, 0.3) is 0 Å². The molecule has 1 atom stereocenters. The molecule has 0 aromatic carbocycles. The van der Waals surface area contributed by atoms with E-state index in [0.717, 1.165) is 31.4 Å². The lowest BCUT2D eigenvalue weighted by Gasteiger charge is -2.37. The molecular formula is C18H27N5. The Hall–Kier alpha value is -1.88. The van der Waals surface area contributed by atoms with Crippen molar-refractivity contribution in [1.29, 1.82) is 0 Å². The van der Waals surface area contributed by atoms with Crippen molar-refractivity contribution in [3.8, 4) is 0 Å². The van der Waals surface area contributed by atoms with Gasteiger partial charge in [-0.2, -0.15) is 0 Å². The minimum absolute atomic E-state index is 0.655. The molecule has 5 heteroatoms. The first-order valence-corrected chi connectivity index (χ1v) is 8.45. The molecule has 0 aliphatic carbocycles. The predicted molar refractivity (Wildman–Crippen MR) is 93.7 cm³/mol. The lowest BCUT2D eigenvalue weighted by Crippen LogP contribution is -2.41. The summed E-state index contributed by atoms with van der Waals surface area (Å²) < 4.78 is 2.06. The number of piperidine rings is 1. The summed E-state index contributed by atoms with van der Waals surface area (Å²) in [6.07, 6.45) is 10.1. The highest BCUT2D eigenvalue weighted by atomic mass is 15.2. The van der Waals surface area contributed by atoms with Gasteiger partial charge in [0.1, 0.15) is 5.82 Å². The molecule has 2 aromatic heterocycles. The fourth-order valence-electron chi connectivity index (χ4n) is 3.32. The van der Waals surface area contributed by atoms with Gasteiger partial charge in [0, 0.05) is 44.3 Å². The molecule has 124 valence electrons. The van der Waals surface area contributed by atoms with E-state index in [1.54, 1.807) is 6.20 Å². The Labute approximate surface area is 139 Å². The molecule has 0 radical (unpaired) electrons. The molecule has 0 N–H and O–H groups in total. The van der Waals surface area contributed by atoms with Crippen LogP contribution in [-0.4, -0.2) is 52.7 Å². The van der Waals surface area contributed by atoms with Gasteiger partial charge in [0.05, 0.1) is 6.33 Å².